The molecule has 4 rings (SSSR count). The molecule has 1 aliphatic carbocycles. The second-order valence-corrected chi connectivity index (χ2v) is 7.35. The molecule has 3 aromatic rings. The summed E-state index contributed by atoms with van der Waals surface area (Å²) in [7, 11) is 0. The van der Waals surface area contributed by atoms with Crippen LogP contribution in [0.3, 0.4) is 0 Å². The van der Waals surface area contributed by atoms with Crippen LogP contribution in [-0.4, -0.2) is 27.4 Å². The van der Waals surface area contributed by atoms with Crippen molar-refractivity contribution in [3.63, 3.8) is 0 Å². The number of rotatable bonds is 4. The molecule has 6 nitrogen and oxygen atoms in total. The maximum absolute atomic E-state index is 13.1. The Morgan fingerprint density at radius 1 is 1.21 bits per heavy atom. The molecule has 150 valence electrons. The zero-order chi connectivity index (χ0) is 20.8. The molecule has 1 saturated carbocycles. The second-order valence-electron chi connectivity index (χ2n) is 6.92. The Labute approximate surface area is 167 Å². The first-order valence-electron chi connectivity index (χ1n) is 8.71. The molecule has 2 aromatic carbocycles. The summed E-state index contributed by atoms with van der Waals surface area (Å²) in [5.74, 6) is -0.863. The van der Waals surface area contributed by atoms with Gasteiger partial charge in [-0.1, -0.05) is 28.9 Å². The number of amides is 1. The average molecular weight is 423 g/mol. The fraction of sp³-hybridized carbons (Fsp3) is 0.263. The number of halogens is 4. The largest absolute Gasteiger partial charge is 0.417 e. The highest BCUT2D eigenvalue weighted by atomic mass is 35.5. The first-order valence-corrected chi connectivity index (χ1v) is 9.09. The predicted molar refractivity (Wildman–Crippen MR) is 99.8 cm³/mol. The van der Waals surface area contributed by atoms with Crippen molar-refractivity contribution in [2.75, 3.05) is 6.54 Å². The summed E-state index contributed by atoms with van der Waals surface area (Å²) >= 11 is 5.90. The van der Waals surface area contributed by atoms with Gasteiger partial charge in [0.1, 0.15) is 5.52 Å². The van der Waals surface area contributed by atoms with E-state index in [9.17, 15) is 22.8 Å². The van der Waals surface area contributed by atoms with Crippen molar-refractivity contribution in [1.29, 1.82) is 0 Å². The third kappa shape index (κ3) is 3.57. The Hall–Kier alpha value is -2.94. The van der Waals surface area contributed by atoms with Gasteiger partial charge in [-0.3, -0.25) is 9.59 Å². The zero-order valence-electron chi connectivity index (χ0n) is 14.8. The maximum atomic E-state index is 13.1. The molecule has 1 N–H and O–H groups in total. The van der Waals surface area contributed by atoms with Crippen LogP contribution < -0.4 is 10.9 Å². The van der Waals surface area contributed by atoms with E-state index in [1.807, 2.05) is 0 Å². The molecule has 0 bridgehead atoms. The van der Waals surface area contributed by atoms with Gasteiger partial charge in [-0.05, 0) is 43.2 Å². The van der Waals surface area contributed by atoms with Crippen LogP contribution in [0.4, 0.5) is 13.2 Å². The number of benzene rings is 2. The van der Waals surface area contributed by atoms with Gasteiger partial charge in [0.15, 0.2) is 0 Å². The summed E-state index contributed by atoms with van der Waals surface area (Å²) in [6.45, 7) is -0.0360. The topological polar surface area (TPSA) is 76.9 Å². The van der Waals surface area contributed by atoms with Gasteiger partial charge < -0.3 is 5.32 Å². The van der Waals surface area contributed by atoms with Gasteiger partial charge in [0.2, 0.25) is 0 Å². The van der Waals surface area contributed by atoms with Gasteiger partial charge in [0.25, 0.3) is 11.5 Å². The molecule has 1 aromatic heterocycles. The SMILES string of the molecule is O=C(NCC1(n2nnc3cc(Cl)ccc3c2=O)CC1)c1ccccc1C(F)(F)F. The van der Waals surface area contributed by atoms with Crippen LogP contribution in [0.1, 0.15) is 28.8 Å². The minimum atomic E-state index is -4.65. The quantitative estimate of drug-likeness (QED) is 0.699. The van der Waals surface area contributed by atoms with Gasteiger partial charge >= 0.3 is 6.18 Å². The fourth-order valence-electron chi connectivity index (χ4n) is 3.20. The molecule has 0 aliphatic heterocycles. The van der Waals surface area contributed by atoms with Crippen molar-refractivity contribution in [1.82, 2.24) is 20.3 Å². The molecule has 1 heterocycles. The number of fused-ring (bicyclic) bond motifs is 1. The number of aromatic nitrogens is 3. The lowest BCUT2D eigenvalue weighted by Gasteiger charge is -2.18. The monoisotopic (exact) mass is 422 g/mol. The fourth-order valence-corrected chi connectivity index (χ4v) is 3.37. The first kappa shape index (κ1) is 19.4. The van der Waals surface area contributed by atoms with Crippen LogP contribution in [-0.2, 0) is 11.7 Å². The van der Waals surface area contributed by atoms with Crippen LogP contribution in [0.5, 0.6) is 0 Å². The number of hydrogen-bond acceptors (Lipinski definition) is 4. The zero-order valence-corrected chi connectivity index (χ0v) is 15.6. The van der Waals surface area contributed by atoms with E-state index in [4.69, 9.17) is 11.6 Å². The molecule has 29 heavy (non-hydrogen) atoms. The highest BCUT2D eigenvalue weighted by Crippen LogP contribution is 2.41. The van der Waals surface area contributed by atoms with E-state index < -0.39 is 34.3 Å². The van der Waals surface area contributed by atoms with E-state index in [-0.39, 0.29) is 6.54 Å². The van der Waals surface area contributed by atoms with Crippen LogP contribution in [0, 0.1) is 0 Å². The minimum absolute atomic E-state index is 0.0360. The highest BCUT2D eigenvalue weighted by molar-refractivity contribution is 6.31. The lowest BCUT2D eigenvalue weighted by Crippen LogP contribution is -2.42. The van der Waals surface area contributed by atoms with Gasteiger partial charge in [-0.25, -0.2) is 4.68 Å². The lowest BCUT2D eigenvalue weighted by atomic mass is 10.1. The van der Waals surface area contributed by atoms with Crippen molar-refractivity contribution in [3.05, 3.63) is 69.0 Å². The molecule has 0 saturated heterocycles. The molecule has 1 amide bonds. The van der Waals surface area contributed by atoms with Gasteiger partial charge in [0.05, 0.1) is 22.1 Å². The molecule has 0 spiro atoms. The number of carbonyl (C=O) groups excluding carboxylic acids is 1. The maximum Gasteiger partial charge on any atom is 0.417 e. The van der Waals surface area contributed by atoms with E-state index in [0.29, 0.717) is 28.8 Å². The lowest BCUT2D eigenvalue weighted by molar-refractivity contribution is -0.137. The second kappa shape index (κ2) is 6.84. The molecule has 1 aliphatic rings. The highest BCUT2D eigenvalue weighted by Gasteiger charge is 2.47. The Morgan fingerprint density at radius 3 is 2.62 bits per heavy atom. The number of hydrogen-bond donors (Lipinski definition) is 1. The Kier molecular flexibility index (Phi) is 4.57. The summed E-state index contributed by atoms with van der Waals surface area (Å²) in [6.07, 6.45) is -3.56. The molecule has 0 atom stereocenters. The Balaban J connectivity index is 1.59. The van der Waals surface area contributed by atoms with Crippen LogP contribution in [0.15, 0.2) is 47.3 Å². The van der Waals surface area contributed by atoms with Crippen LogP contribution in [0.25, 0.3) is 10.9 Å². The molecular weight excluding hydrogens is 409 g/mol. The Bertz CT molecular complexity index is 1170. The normalized spacial score (nSPS) is 15.3. The first-order chi connectivity index (χ1) is 13.7. The number of nitrogens with zero attached hydrogens (tertiary/aromatic N) is 3. The van der Waals surface area contributed by atoms with Crippen LogP contribution in [0.2, 0.25) is 5.02 Å². The third-order valence-electron chi connectivity index (χ3n) is 4.96. The molecule has 1 fully saturated rings. The molecule has 10 heteroatoms. The average Bonchev–Trinajstić information content (AvgIpc) is 3.46. The number of carbonyl (C=O) groups is 1. The summed E-state index contributed by atoms with van der Waals surface area (Å²) in [4.78, 5) is 25.2. The van der Waals surface area contributed by atoms with E-state index in [1.54, 1.807) is 12.1 Å². The van der Waals surface area contributed by atoms with Crippen molar-refractivity contribution in [2.45, 2.75) is 24.6 Å². The standard InChI is InChI=1S/C19H14ClF3N4O2/c20-11-5-6-13-15(9-11)25-26-27(17(13)29)18(7-8-18)10-24-16(28)12-3-1-2-4-14(12)19(21,22)23/h1-6,9H,7-8,10H2,(H,24,28). The van der Waals surface area contributed by atoms with Gasteiger partial charge in [0, 0.05) is 11.6 Å². The third-order valence-corrected chi connectivity index (χ3v) is 5.19. The molecule has 0 radical (unpaired) electrons. The van der Waals surface area contributed by atoms with Crippen molar-refractivity contribution in [3.8, 4) is 0 Å². The van der Waals surface area contributed by atoms with E-state index in [1.165, 1.54) is 22.9 Å². The molecular formula is C19H14ClF3N4O2. The minimum Gasteiger partial charge on any atom is -0.350 e. The smallest absolute Gasteiger partial charge is 0.350 e. The van der Waals surface area contributed by atoms with Crippen molar-refractivity contribution < 1.29 is 18.0 Å². The van der Waals surface area contributed by atoms with E-state index in [2.05, 4.69) is 15.6 Å². The Morgan fingerprint density at radius 2 is 1.93 bits per heavy atom. The summed E-state index contributed by atoms with van der Waals surface area (Å²) in [5, 5.41) is 11.2. The van der Waals surface area contributed by atoms with E-state index >= 15 is 0 Å². The van der Waals surface area contributed by atoms with Gasteiger partial charge in [-0.15, -0.1) is 5.10 Å². The summed E-state index contributed by atoms with van der Waals surface area (Å²) in [6, 6.07) is 9.17. The summed E-state index contributed by atoms with van der Waals surface area (Å²) in [5.41, 5.74) is -2.34. The van der Waals surface area contributed by atoms with Crippen LogP contribution >= 0.6 is 11.6 Å². The number of alkyl halides is 3. The van der Waals surface area contributed by atoms with Crippen molar-refractivity contribution >= 4 is 28.4 Å². The molecule has 0 unspecified atom stereocenters. The van der Waals surface area contributed by atoms with Gasteiger partial charge in [-0.2, -0.15) is 13.2 Å². The number of nitrogens with one attached hydrogen (secondary N) is 1. The van der Waals surface area contributed by atoms with E-state index in [0.717, 1.165) is 12.1 Å². The van der Waals surface area contributed by atoms with Crippen molar-refractivity contribution in [2.24, 2.45) is 0 Å². The summed E-state index contributed by atoms with van der Waals surface area (Å²) < 4.78 is 40.6. The predicted octanol–water partition coefficient (Wildman–Crippen LogP) is 3.38.